The van der Waals surface area contributed by atoms with Crippen molar-refractivity contribution in [1.29, 1.82) is 5.26 Å². The lowest BCUT2D eigenvalue weighted by Gasteiger charge is -2.42. The summed E-state index contributed by atoms with van der Waals surface area (Å²) in [5, 5.41) is 22.2. The van der Waals surface area contributed by atoms with Crippen molar-refractivity contribution in [3.05, 3.63) is 55.0 Å². The van der Waals surface area contributed by atoms with Crippen LogP contribution in [0, 0.1) is 16.7 Å². The third-order valence-corrected chi connectivity index (χ3v) is 9.41. The Bertz CT molecular complexity index is 1740. The zero-order valence-corrected chi connectivity index (χ0v) is 30.5. The van der Waals surface area contributed by atoms with Crippen molar-refractivity contribution in [3.63, 3.8) is 0 Å². The summed E-state index contributed by atoms with van der Waals surface area (Å²) in [6, 6.07) is 8.52. The van der Waals surface area contributed by atoms with Crippen LogP contribution < -0.4 is 14.8 Å². The lowest BCUT2D eigenvalue weighted by molar-refractivity contribution is -0.0852. The van der Waals surface area contributed by atoms with E-state index >= 15 is 0 Å². The van der Waals surface area contributed by atoms with Gasteiger partial charge >= 0.3 is 0 Å². The molecular formula is C37H50N10O4. The van der Waals surface area contributed by atoms with E-state index < -0.39 is 0 Å². The molecule has 51 heavy (non-hydrogen) atoms. The molecule has 14 heteroatoms. The largest absolute Gasteiger partial charge is 0.487 e. The van der Waals surface area contributed by atoms with Crippen molar-refractivity contribution in [2.24, 2.45) is 5.41 Å². The zero-order valence-electron chi connectivity index (χ0n) is 30.5. The van der Waals surface area contributed by atoms with Crippen LogP contribution in [0.15, 0.2) is 49.4 Å². The molecule has 2 fully saturated rings. The van der Waals surface area contributed by atoms with Crippen molar-refractivity contribution in [3.8, 4) is 28.8 Å². The summed E-state index contributed by atoms with van der Waals surface area (Å²) in [5.41, 5.74) is 2.58. The molecule has 0 unspecified atom stereocenters. The highest BCUT2D eigenvalue weighted by atomic mass is 16.5. The van der Waals surface area contributed by atoms with Gasteiger partial charge in [0.05, 0.1) is 49.8 Å². The lowest BCUT2D eigenvalue weighted by Crippen LogP contribution is -2.51. The number of methoxy groups -OCH3 is 1. The molecule has 0 spiro atoms. The van der Waals surface area contributed by atoms with E-state index in [9.17, 15) is 5.26 Å². The highest BCUT2D eigenvalue weighted by Crippen LogP contribution is 2.36. The summed E-state index contributed by atoms with van der Waals surface area (Å²) >= 11 is 0. The number of nitrogens with zero attached hydrogens (tertiary/aromatic N) is 9. The molecule has 1 saturated heterocycles. The number of benzene rings is 1. The van der Waals surface area contributed by atoms with Gasteiger partial charge in [-0.2, -0.15) is 10.4 Å². The molecule has 1 aliphatic heterocycles. The molecule has 0 amide bonds. The van der Waals surface area contributed by atoms with Gasteiger partial charge in [-0.1, -0.05) is 19.9 Å². The molecule has 1 aromatic carbocycles. The fraction of sp³-hybridized carbons (Fsp3) is 0.568. The first-order valence-corrected chi connectivity index (χ1v) is 17.8. The molecule has 3 aromatic heterocycles. The number of anilines is 2. The minimum Gasteiger partial charge on any atom is -0.487 e. The molecule has 6 rings (SSSR count). The lowest BCUT2D eigenvalue weighted by atomic mass is 9.89. The predicted molar refractivity (Wildman–Crippen MR) is 192 cm³/mol. The highest BCUT2D eigenvalue weighted by Gasteiger charge is 2.32. The summed E-state index contributed by atoms with van der Waals surface area (Å²) in [6.07, 6.45) is 13.3. The van der Waals surface area contributed by atoms with E-state index in [1.807, 2.05) is 25.3 Å². The van der Waals surface area contributed by atoms with E-state index in [0.717, 1.165) is 49.9 Å². The molecule has 14 nitrogen and oxygen atoms in total. The van der Waals surface area contributed by atoms with Gasteiger partial charge in [0.2, 0.25) is 5.95 Å². The number of nitrogens with one attached hydrogen (secondary N) is 1. The number of hydrogen-bond acceptors (Lipinski definition) is 12. The van der Waals surface area contributed by atoms with Gasteiger partial charge in [-0.3, -0.25) is 9.58 Å². The van der Waals surface area contributed by atoms with Crippen molar-refractivity contribution < 1.29 is 18.9 Å². The second kappa shape index (κ2) is 16.2. The van der Waals surface area contributed by atoms with E-state index in [4.69, 9.17) is 24.0 Å². The second-order valence-corrected chi connectivity index (χ2v) is 14.7. The van der Waals surface area contributed by atoms with Gasteiger partial charge in [0, 0.05) is 49.6 Å². The van der Waals surface area contributed by atoms with Crippen LogP contribution in [0.1, 0.15) is 71.9 Å². The van der Waals surface area contributed by atoms with Crippen molar-refractivity contribution in [1.82, 2.24) is 39.4 Å². The minimum atomic E-state index is -0.235. The third-order valence-electron chi connectivity index (χ3n) is 9.41. The van der Waals surface area contributed by atoms with Crippen molar-refractivity contribution in [2.75, 3.05) is 38.7 Å². The van der Waals surface area contributed by atoms with Crippen LogP contribution in [-0.2, 0) is 16.0 Å². The fourth-order valence-electron chi connectivity index (χ4n) is 7.05. The second-order valence-electron chi connectivity index (χ2n) is 14.7. The average Bonchev–Trinajstić information content (AvgIpc) is 3.77. The molecule has 4 aromatic rings. The van der Waals surface area contributed by atoms with Gasteiger partial charge < -0.3 is 24.3 Å². The molecule has 0 bridgehead atoms. The Morgan fingerprint density at radius 1 is 1.04 bits per heavy atom. The Hall–Kier alpha value is -4.58. The van der Waals surface area contributed by atoms with Crippen LogP contribution in [0.5, 0.6) is 11.6 Å². The number of nitriles is 1. The van der Waals surface area contributed by atoms with E-state index in [-0.39, 0.29) is 29.8 Å². The van der Waals surface area contributed by atoms with Gasteiger partial charge in [0.1, 0.15) is 36.3 Å². The van der Waals surface area contributed by atoms with Crippen LogP contribution >= 0.6 is 0 Å². The Labute approximate surface area is 300 Å². The molecule has 1 saturated carbocycles. The summed E-state index contributed by atoms with van der Waals surface area (Å²) in [7, 11) is 1.70. The van der Waals surface area contributed by atoms with E-state index in [0.29, 0.717) is 54.6 Å². The molecule has 1 N–H and O–H groups in total. The van der Waals surface area contributed by atoms with Gasteiger partial charge in [0.15, 0.2) is 0 Å². The summed E-state index contributed by atoms with van der Waals surface area (Å²) in [4.78, 5) is 15.9. The quantitative estimate of drug-likeness (QED) is 0.173. The molecule has 0 radical (unpaired) electrons. The monoisotopic (exact) mass is 698 g/mol. The first-order valence-electron chi connectivity index (χ1n) is 17.8. The maximum atomic E-state index is 9.71. The van der Waals surface area contributed by atoms with Crippen LogP contribution in [0.25, 0.3) is 11.1 Å². The Balaban J connectivity index is 1.15. The van der Waals surface area contributed by atoms with Crippen LogP contribution in [0.4, 0.5) is 11.6 Å². The Morgan fingerprint density at radius 3 is 2.43 bits per heavy atom. The molecule has 4 heterocycles. The minimum absolute atomic E-state index is 0.198. The number of hydrogen-bond donors (Lipinski definition) is 1. The smallest absolute Gasteiger partial charge is 0.256 e. The van der Waals surface area contributed by atoms with Gasteiger partial charge in [-0.15, -0.1) is 5.10 Å². The highest BCUT2D eigenvalue weighted by molar-refractivity contribution is 5.67. The first-order chi connectivity index (χ1) is 24.6. The predicted octanol–water partition coefficient (Wildman–Crippen LogP) is 5.66. The number of rotatable bonds is 14. The summed E-state index contributed by atoms with van der Waals surface area (Å²) < 4.78 is 27.6. The first kappa shape index (κ1) is 36.2. The van der Waals surface area contributed by atoms with E-state index in [1.165, 1.54) is 6.33 Å². The molecule has 272 valence electrons. The topological polar surface area (TPSA) is 150 Å². The van der Waals surface area contributed by atoms with Gasteiger partial charge in [-0.25, -0.2) is 19.6 Å². The van der Waals surface area contributed by atoms with Gasteiger partial charge in [-0.05, 0) is 64.2 Å². The average molecular weight is 699 g/mol. The number of morpholine rings is 1. The SMILES string of the molecule is COCC(C)(C)COc1nn(C2CCC(N3C[C@@H](C)O[C@@H](C)C3)CC2)cc1Nc1ncc(-c2ccc(C#N)c(O[C@@H](C)Cn3cncn3)c2)cn1. The van der Waals surface area contributed by atoms with E-state index in [1.54, 1.807) is 36.6 Å². The van der Waals surface area contributed by atoms with Gasteiger partial charge in [0.25, 0.3) is 5.88 Å². The van der Waals surface area contributed by atoms with E-state index in [2.05, 4.69) is 68.7 Å². The van der Waals surface area contributed by atoms with Crippen LogP contribution in [-0.4, -0.2) is 97.2 Å². The maximum Gasteiger partial charge on any atom is 0.256 e. The fourth-order valence-corrected chi connectivity index (χ4v) is 7.05. The molecule has 1 aliphatic carbocycles. The Kier molecular flexibility index (Phi) is 11.5. The summed E-state index contributed by atoms with van der Waals surface area (Å²) in [6.45, 7) is 14.0. The standard InChI is InChI=1S/C37H50N10O4/c1-25-17-45(18-26(2)50-25)31-9-11-32(12-10-31)47-20-33(35(44-47)49-22-37(4,5)21-48-6)43-36-40-15-30(16-41-36)28-7-8-29(14-38)34(13-28)51-27(3)19-46-24-39-23-42-46/h7-8,13,15-16,20,23-27,31-32H,9-12,17-19,21-22H2,1-6H3,(H,40,41,43)/t25-,26+,27-,31?,32?/m0/s1. The van der Waals surface area contributed by atoms with Crippen molar-refractivity contribution in [2.45, 2.75) is 97.2 Å². The normalized spacial score (nSPS) is 21.9. The number of ether oxygens (including phenoxy) is 4. The van der Waals surface area contributed by atoms with Crippen molar-refractivity contribution >= 4 is 11.6 Å². The maximum absolute atomic E-state index is 9.71. The molecule has 2 aliphatic rings. The Morgan fingerprint density at radius 2 is 1.76 bits per heavy atom. The number of aromatic nitrogens is 7. The zero-order chi connectivity index (χ0) is 36.0. The van der Waals surface area contributed by atoms with Crippen LogP contribution in [0.3, 0.4) is 0 Å². The summed E-state index contributed by atoms with van der Waals surface area (Å²) in [5.74, 6) is 1.42. The van der Waals surface area contributed by atoms with Crippen LogP contribution in [0.2, 0.25) is 0 Å². The molecular weight excluding hydrogens is 648 g/mol. The molecule has 3 atom stereocenters. The third kappa shape index (κ3) is 9.40.